The summed E-state index contributed by atoms with van der Waals surface area (Å²) in [6, 6.07) is 13.4. The number of halogens is 1. The van der Waals surface area contributed by atoms with E-state index in [9.17, 15) is 4.79 Å². The van der Waals surface area contributed by atoms with Crippen molar-refractivity contribution in [2.45, 2.75) is 6.92 Å². The van der Waals surface area contributed by atoms with E-state index in [2.05, 4.69) is 23.2 Å². The molecule has 0 unspecified atom stereocenters. The third-order valence-electron chi connectivity index (χ3n) is 4.77. The summed E-state index contributed by atoms with van der Waals surface area (Å²) < 4.78 is 5.13. The van der Waals surface area contributed by atoms with Crippen molar-refractivity contribution >= 4 is 28.9 Å². The number of amides is 1. The highest BCUT2D eigenvalue weighted by atomic mass is 35.5. The number of ether oxygens (including phenoxy) is 1. The molecule has 0 radical (unpaired) electrons. The van der Waals surface area contributed by atoms with Gasteiger partial charge in [0.15, 0.2) is 6.54 Å². The first-order chi connectivity index (χ1) is 12.5. The minimum absolute atomic E-state index is 0.0394. The minimum Gasteiger partial charge on any atom is -0.497 e. The van der Waals surface area contributed by atoms with Crippen molar-refractivity contribution in [2.24, 2.45) is 0 Å². The van der Waals surface area contributed by atoms with E-state index in [0.717, 1.165) is 42.6 Å². The molecule has 6 heteroatoms. The second kappa shape index (κ2) is 8.43. The molecule has 3 rings (SSSR count). The molecule has 0 saturated carbocycles. The van der Waals surface area contributed by atoms with Gasteiger partial charge in [0, 0.05) is 16.4 Å². The first kappa shape index (κ1) is 18.5. The molecule has 0 atom stereocenters. The third-order valence-corrected chi connectivity index (χ3v) is 5.00. The quantitative estimate of drug-likeness (QED) is 0.841. The molecule has 0 spiro atoms. The molecular formula is C20H25ClN3O2+. The Labute approximate surface area is 159 Å². The van der Waals surface area contributed by atoms with Gasteiger partial charge in [-0.05, 0) is 48.9 Å². The zero-order chi connectivity index (χ0) is 18.5. The number of piperazine rings is 1. The van der Waals surface area contributed by atoms with Gasteiger partial charge in [-0.1, -0.05) is 17.7 Å². The van der Waals surface area contributed by atoms with E-state index >= 15 is 0 Å². The highest BCUT2D eigenvalue weighted by Crippen LogP contribution is 2.24. The van der Waals surface area contributed by atoms with Gasteiger partial charge in [0.1, 0.15) is 5.75 Å². The van der Waals surface area contributed by atoms with Gasteiger partial charge in [-0.2, -0.15) is 0 Å². The van der Waals surface area contributed by atoms with Gasteiger partial charge in [-0.25, -0.2) is 0 Å². The molecule has 1 fully saturated rings. The maximum Gasteiger partial charge on any atom is 0.279 e. The van der Waals surface area contributed by atoms with Crippen molar-refractivity contribution in [1.29, 1.82) is 0 Å². The van der Waals surface area contributed by atoms with Gasteiger partial charge in [-0.15, -0.1) is 0 Å². The fourth-order valence-corrected chi connectivity index (χ4v) is 3.44. The molecule has 26 heavy (non-hydrogen) atoms. The second-order valence-corrected chi connectivity index (χ2v) is 7.06. The van der Waals surface area contributed by atoms with Crippen LogP contribution in [0.25, 0.3) is 0 Å². The molecule has 1 aliphatic rings. The van der Waals surface area contributed by atoms with Crippen molar-refractivity contribution < 1.29 is 14.4 Å². The van der Waals surface area contributed by atoms with Gasteiger partial charge in [0.05, 0.1) is 33.3 Å². The first-order valence-electron chi connectivity index (χ1n) is 8.84. The molecule has 0 bridgehead atoms. The van der Waals surface area contributed by atoms with Crippen molar-refractivity contribution in [3.05, 3.63) is 53.1 Å². The summed E-state index contributed by atoms with van der Waals surface area (Å²) in [6.07, 6.45) is 0. The summed E-state index contributed by atoms with van der Waals surface area (Å²) in [4.78, 5) is 15.9. The molecule has 138 valence electrons. The average Bonchev–Trinajstić information content (AvgIpc) is 2.65. The summed E-state index contributed by atoms with van der Waals surface area (Å²) >= 11 is 6.14. The zero-order valence-electron chi connectivity index (χ0n) is 15.2. The van der Waals surface area contributed by atoms with Crippen molar-refractivity contribution in [1.82, 2.24) is 0 Å². The van der Waals surface area contributed by atoms with Crippen molar-refractivity contribution in [2.75, 3.05) is 50.1 Å². The lowest BCUT2D eigenvalue weighted by molar-refractivity contribution is -0.892. The number of carbonyl (C=O) groups is 1. The van der Waals surface area contributed by atoms with E-state index in [0.29, 0.717) is 6.54 Å². The number of nitrogens with zero attached hydrogens (tertiary/aromatic N) is 1. The molecule has 1 aliphatic heterocycles. The number of methoxy groups -OCH3 is 1. The zero-order valence-corrected chi connectivity index (χ0v) is 16.0. The lowest BCUT2D eigenvalue weighted by Gasteiger charge is -2.34. The summed E-state index contributed by atoms with van der Waals surface area (Å²) in [5, 5.41) is 3.72. The molecule has 5 nitrogen and oxygen atoms in total. The lowest BCUT2D eigenvalue weighted by atomic mass is 10.1. The SMILES string of the molecule is COc1ccc(NC(=O)C[NH+]2CCN(c3cc(Cl)ccc3C)CC2)cc1. The highest BCUT2D eigenvalue weighted by Gasteiger charge is 2.23. The number of benzene rings is 2. The molecule has 0 aromatic heterocycles. The Kier molecular flexibility index (Phi) is 6.01. The van der Waals surface area contributed by atoms with E-state index in [-0.39, 0.29) is 5.91 Å². The van der Waals surface area contributed by atoms with E-state index in [1.165, 1.54) is 16.2 Å². The molecule has 2 aromatic carbocycles. The fraction of sp³-hybridized carbons (Fsp3) is 0.350. The lowest BCUT2D eigenvalue weighted by Crippen LogP contribution is -3.15. The van der Waals surface area contributed by atoms with Crippen LogP contribution in [0.4, 0.5) is 11.4 Å². The monoisotopic (exact) mass is 374 g/mol. The third kappa shape index (κ3) is 4.68. The van der Waals surface area contributed by atoms with Crippen LogP contribution in [0.5, 0.6) is 5.75 Å². The van der Waals surface area contributed by atoms with Gasteiger partial charge < -0.3 is 19.9 Å². The summed E-state index contributed by atoms with van der Waals surface area (Å²) in [7, 11) is 1.63. The van der Waals surface area contributed by atoms with Crippen LogP contribution in [0.2, 0.25) is 5.02 Å². The normalized spacial score (nSPS) is 15.0. The van der Waals surface area contributed by atoms with E-state index in [4.69, 9.17) is 16.3 Å². The smallest absolute Gasteiger partial charge is 0.279 e. The molecule has 1 heterocycles. The summed E-state index contributed by atoms with van der Waals surface area (Å²) in [5.74, 6) is 0.818. The molecule has 0 aliphatic carbocycles. The maximum atomic E-state index is 12.3. The number of hydrogen-bond acceptors (Lipinski definition) is 3. The molecule has 2 N–H and O–H groups in total. The Hall–Kier alpha value is -2.24. The first-order valence-corrected chi connectivity index (χ1v) is 9.21. The minimum atomic E-state index is 0.0394. The van der Waals surface area contributed by atoms with Crippen LogP contribution in [-0.4, -0.2) is 45.7 Å². The van der Waals surface area contributed by atoms with Crippen LogP contribution in [-0.2, 0) is 4.79 Å². The number of anilines is 2. The van der Waals surface area contributed by atoms with Crippen molar-refractivity contribution in [3.8, 4) is 5.75 Å². The molecule has 1 amide bonds. The van der Waals surface area contributed by atoms with Gasteiger partial charge in [0.25, 0.3) is 5.91 Å². The number of carbonyl (C=O) groups excluding carboxylic acids is 1. The van der Waals surface area contributed by atoms with E-state index < -0.39 is 0 Å². The van der Waals surface area contributed by atoms with E-state index in [1.807, 2.05) is 36.4 Å². The predicted octanol–water partition coefficient (Wildman–Crippen LogP) is 2.00. The van der Waals surface area contributed by atoms with Crippen LogP contribution in [0.15, 0.2) is 42.5 Å². The molecular weight excluding hydrogens is 350 g/mol. The second-order valence-electron chi connectivity index (χ2n) is 6.62. The Bertz CT molecular complexity index is 756. The van der Waals surface area contributed by atoms with Crippen LogP contribution < -0.4 is 19.9 Å². The predicted molar refractivity (Wildman–Crippen MR) is 106 cm³/mol. The van der Waals surface area contributed by atoms with Gasteiger partial charge in [-0.3, -0.25) is 4.79 Å². The Morgan fingerprint density at radius 1 is 1.19 bits per heavy atom. The number of quaternary nitrogens is 1. The largest absolute Gasteiger partial charge is 0.497 e. The maximum absolute atomic E-state index is 12.3. The van der Waals surface area contributed by atoms with Crippen LogP contribution in [0.1, 0.15) is 5.56 Å². The molecule has 1 saturated heterocycles. The Morgan fingerprint density at radius 2 is 1.88 bits per heavy atom. The summed E-state index contributed by atoms with van der Waals surface area (Å²) in [6.45, 7) is 6.30. The Morgan fingerprint density at radius 3 is 2.54 bits per heavy atom. The topological polar surface area (TPSA) is 46.0 Å². The van der Waals surface area contributed by atoms with Crippen LogP contribution >= 0.6 is 11.6 Å². The average molecular weight is 375 g/mol. The van der Waals surface area contributed by atoms with Gasteiger partial charge in [0.2, 0.25) is 0 Å². The number of rotatable bonds is 5. The van der Waals surface area contributed by atoms with Crippen LogP contribution in [0, 0.1) is 6.92 Å². The fourth-order valence-electron chi connectivity index (χ4n) is 3.27. The van der Waals surface area contributed by atoms with Crippen molar-refractivity contribution in [3.63, 3.8) is 0 Å². The van der Waals surface area contributed by atoms with Crippen LogP contribution in [0.3, 0.4) is 0 Å². The number of hydrogen-bond donors (Lipinski definition) is 2. The highest BCUT2D eigenvalue weighted by molar-refractivity contribution is 6.30. The number of aryl methyl sites for hydroxylation is 1. The standard InChI is InChI=1S/C20H24ClN3O2/c1-15-3-4-16(21)13-19(15)24-11-9-23(10-12-24)14-20(25)22-17-5-7-18(26-2)8-6-17/h3-8,13H,9-12,14H2,1-2H3,(H,22,25)/p+1. The van der Waals surface area contributed by atoms with Gasteiger partial charge >= 0.3 is 0 Å². The Balaban J connectivity index is 1.50. The van der Waals surface area contributed by atoms with E-state index in [1.54, 1.807) is 7.11 Å². The molecule has 2 aromatic rings. The summed E-state index contributed by atoms with van der Waals surface area (Å²) in [5.41, 5.74) is 3.22. The number of nitrogens with one attached hydrogen (secondary N) is 2.